The van der Waals surface area contributed by atoms with Gasteiger partial charge in [-0.3, -0.25) is 4.79 Å². The molecule has 3 rings (SSSR count). The van der Waals surface area contributed by atoms with Crippen LogP contribution >= 0.6 is 0 Å². The topological polar surface area (TPSA) is 76.1 Å². The van der Waals surface area contributed by atoms with Crippen LogP contribution in [-0.4, -0.2) is 23.0 Å². The first-order valence-electron chi connectivity index (χ1n) is 8.08. The molecule has 6 nitrogen and oxygen atoms in total. The van der Waals surface area contributed by atoms with Gasteiger partial charge in [-0.05, 0) is 24.3 Å². The van der Waals surface area contributed by atoms with Crippen LogP contribution in [0.2, 0.25) is 0 Å². The molecule has 2 aromatic carbocycles. The molecule has 3 aromatic rings. The number of hydrogen-bond acceptors (Lipinski definition) is 5. The molecule has 0 fully saturated rings. The van der Waals surface area contributed by atoms with Crippen LogP contribution in [-0.2, 0) is 6.18 Å². The molecule has 0 aliphatic heterocycles. The van der Waals surface area contributed by atoms with Gasteiger partial charge in [0.2, 0.25) is 0 Å². The number of benzene rings is 2. The molecule has 1 amide bonds. The van der Waals surface area contributed by atoms with Crippen molar-refractivity contribution in [3.8, 4) is 5.75 Å². The van der Waals surface area contributed by atoms with E-state index in [4.69, 9.17) is 4.74 Å². The van der Waals surface area contributed by atoms with E-state index in [-0.39, 0.29) is 11.4 Å². The quantitative estimate of drug-likeness (QED) is 0.673. The number of aromatic nitrogens is 2. The average molecular weight is 388 g/mol. The molecule has 0 aliphatic rings. The highest BCUT2D eigenvalue weighted by Crippen LogP contribution is 2.34. The Morgan fingerprint density at radius 1 is 0.964 bits per heavy atom. The summed E-state index contributed by atoms with van der Waals surface area (Å²) in [5, 5.41) is 5.21. The summed E-state index contributed by atoms with van der Waals surface area (Å²) < 4.78 is 44.3. The van der Waals surface area contributed by atoms with E-state index < -0.39 is 17.6 Å². The largest absolute Gasteiger partial charge is 0.495 e. The third-order valence-electron chi connectivity index (χ3n) is 3.73. The Bertz CT molecular complexity index is 975. The van der Waals surface area contributed by atoms with E-state index in [0.29, 0.717) is 17.3 Å². The molecule has 1 aromatic heterocycles. The summed E-state index contributed by atoms with van der Waals surface area (Å²) in [5.41, 5.74) is -0.762. The van der Waals surface area contributed by atoms with Gasteiger partial charge in [0.15, 0.2) is 0 Å². The zero-order valence-electron chi connectivity index (χ0n) is 14.6. The molecule has 0 atom stereocenters. The number of rotatable bonds is 5. The van der Waals surface area contributed by atoms with Crippen molar-refractivity contribution in [2.75, 3.05) is 17.7 Å². The molecule has 2 N–H and O–H groups in total. The fourth-order valence-electron chi connectivity index (χ4n) is 2.42. The molecule has 0 unspecified atom stereocenters. The van der Waals surface area contributed by atoms with E-state index >= 15 is 0 Å². The minimum Gasteiger partial charge on any atom is -0.495 e. The first kappa shape index (κ1) is 19.2. The van der Waals surface area contributed by atoms with E-state index in [9.17, 15) is 18.0 Å². The molecule has 9 heteroatoms. The minimum atomic E-state index is -4.59. The molecule has 144 valence electrons. The smallest absolute Gasteiger partial charge is 0.418 e. The highest BCUT2D eigenvalue weighted by Gasteiger charge is 2.33. The van der Waals surface area contributed by atoms with Crippen molar-refractivity contribution in [3.63, 3.8) is 0 Å². The second kappa shape index (κ2) is 7.95. The number of alkyl halides is 3. The fourth-order valence-corrected chi connectivity index (χ4v) is 2.42. The summed E-state index contributed by atoms with van der Waals surface area (Å²) in [5.74, 6) is 0.139. The van der Waals surface area contributed by atoms with Crippen LogP contribution in [0.3, 0.4) is 0 Å². The predicted molar refractivity (Wildman–Crippen MR) is 97.7 cm³/mol. The maximum absolute atomic E-state index is 13.0. The fraction of sp³-hybridized carbons (Fsp3) is 0.105. The lowest BCUT2D eigenvalue weighted by Gasteiger charge is -2.13. The number of hydrogen-bond donors (Lipinski definition) is 2. The first-order valence-corrected chi connectivity index (χ1v) is 8.08. The SMILES string of the molecule is COc1ccccc1Nc1cnc(C(=O)Nc2ccccc2C(F)(F)F)cn1. The number of para-hydroxylation sites is 3. The molecule has 1 heterocycles. The monoisotopic (exact) mass is 388 g/mol. The minimum absolute atomic E-state index is 0.123. The van der Waals surface area contributed by atoms with E-state index in [1.807, 2.05) is 6.07 Å². The Hall–Kier alpha value is -3.62. The summed E-state index contributed by atoms with van der Waals surface area (Å²) in [6.45, 7) is 0. The molecule has 0 saturated heterocycles. The van der Waals surface area contributed by atoms with Gasteiger partial charge < -0.3 is 15.4 Å². The summed E-state index contributed by atoms with van der Waals surface area (Å²) in [6, 6.07) is 11.9. The van der Waals surface area contributed by atoms with Crippen LogP contribution in [0.5, 0.6) is 5.75 Å². The lowest BCUT2D eigenvalue weighted by atomic mass is 10.1. The van der Waals surface area contributed by atoms with Gasteiger partial charge in [0, 0.05) is 0 Å². The van der Waals surface area contributed by atoms with Crippen molar-refractivity contribution in [3.05, 3.63) is 72.2 Å². The highest BCUT2D eigenvalue weighted by molar-refractivity contribution is 6.03. The van der Waals surface area contributed by atoms with Crippen molar-refractivity contribution in [2.45, 2.75) is 6.18 Å². The number of amides is 1. The molecular formula is C19H15F3N4O2. The van der Waals surface area contributed by atoms with Gasteiger partial charge >= 0.3 is 6.18 Å². The molecule has 0 spiro atoms. The van der Waals surface area contributed by atoms with Crippen molar-refractivity contribution in [1.82, 2.24) is 9.97 Å². The Balaban J connectivity index is 1.75. The number of carbonyl (C=O) groups excluding carboxylic acids is 1. The zero-order valence-corrected chi connectivity index (χ0v) is 14.6. The van der Waals surface area contributed by atoms with Crippen LogP contribution in [0.4, 0.5) is 30.4 Å². The lowest BCUT2D eigenvalue weighted by Crippen LogP contribution is -2.18. The van der Waals surface area contributed by atoms with Gasteiger partial charge in [0.05, 0.1) is 36.4 Å². The van der Waals surface area contributed by atoms with Crippen LogP contribution in [0.15, 0.2) is 60.9 Å². The number of nitrogens with zero attached hydrogens (tertiary/aromatic N) is 2. The van der Waals surface area contributed by atoms with Crippen molar-refractivity contribution in [1.29, 1.82) is 0 Å². The molecular weight excluding hydrogens is 373 g/mol. The van der Waals surface area contributed by atoms with Crippen LogP contribution in [0, 0.1) is 0 Å². The van der Waals surface area contributed by atoms with Gasteiger partial charge in [-0.25, -0.2) is 9.97 Å². The second-order valence-electron chi connectivity index (χ2n) is 5.61. The Labute approximate surface area is 158 Å². The molecule has 0 radical (unpaired) electrons. The summed E-state index contributed by atoms with van der Waals surface area (Å²) in [7, 11) is 1.53. The van der Waals surface area contributed by atoms with Gasteiger partial charge in [-0.1, -0.05) is 24.3 Å². The van der Waals surface area contributed by atoms with E-state index in [1.165, 1.54) is 37.7 Å². The number of anilines is 3. The van der Waals surface area contributed by atoms with Gasteiger partial charge in [0.1, 0.15) is 17.3 Å². The molecule has 28 heavy (non-hydrogen) atoms. The van der Waals surface area contributed by atoms with Crippen molar-refractivity contribution in [2.24, 2.45) is 0 Å². The van der Waals surface area contributed by atoms with E-state index in [2.05, 4.69) is 20.6 Å². The van der Waals surface area contributed by atoms with E-state index in [0.717, 1.165) is 6.07 Å². The number of carbonyl (C=O) groups is 1. The van der Waals surface area contributed by atoms with Crippen molar-refractivity contribution < 1.29 is 22.7 Å². The maximum atomic E-state index is 13.0. The maximum Gasteiger partial charge on any atom is 0.418 e. The van der Waals surface area contributed by atoms with Gasteiger partial charge in [-0.2, -0.15) is 13.2 Å². The molecule has 0 bridgehead atoms. The average Bonchev–Trinajstić information content (AvgIpc) is 2.68. The van der Waals surface area contributed by atoms with Gasteiger partial charge in [-0.15, -0.1) is 0 Å². The summed E-state index contributed by atoms with van der Waals surface area (Å²) in [4.78, 5) is 20.3. The zero-order chi connectivity index (χ0) is 20.1. The van der Waals surface area contributed by atoms with Gasteiger partial charge in [0.25, 0.3) is 5.91 Å². The summed E-state index contributed by atoms with van der Waals surface area (Å²) in [6.07, 6.45) is -2.11. The third-order valence-corrected chi connectivity index (χ3v) is 3.73. The van der Waals surface area contributed by atoms with Crippen LogP contribution < -0.4 is 15.4 Å². The number of halogens is 3. The molecule has 0 saturated carbocycles. The first-order chi connectivity index (χ1) is 13.4. The summed E-state index contributed by atoms with van der Waals surface area (Å²) >= 11 is 0. The van der Waals surface area contributed by atoms with Crippen molar-refractivity contribution >= 4 is 23.1 Å². The van der Waals surface area contributed by atoms with Crippen LogP contribution in [0.1, 0.15) is 16.1 Å². The normalized spacial score (nSPS) is 11.0. The number of ether oxygens (including phenoxy) is 1. The standard InChI is InChI=1S/C19H15F3N4O2/c1-28-16-9-5-4-8-14(16)25-17-11-23-15(10-24-17)18(27)26-13-7-3-2-6-12(13)19(20,21)22/h2-11H,1H3,(H,24,25)(H,26,27). The highest BCUT2D eigenvalue weighted by atomic mass is 19.4. The van der Waals surface area contributed by atoms with Crippen LogP contribution in [0.25, 0.3) is 0 Å². The number of methoxy groups -OCH3 is 1. The predicted octanol–water partition coefficient (Wildman–Crippen LogP) is 4.50. The lowest BCUT2D eigenvalue weighted by molar-refractivity contribution is -0.136. The Kier molecular flexibility index (Phi) is 5.44. The molecule has 0 aliphatic carbocycles. The third kappa shape index (κ3) is 4.37. The second-order valence-corrected chi connectivity index (χ2v) is 5.61. The number of nitrogens with one attached hydrogen (secondary N) is 2. The Morgan fingerprint density at radius 2 is 1.64 bits per heavy atom. The van der Waals surface area contributed by atoms with E-state index in [1.54, 1.807) is 18.2 Å². The Morgan fingerprint density at radius 3 is 2.29 bits per heavy atom.